The molecule has 0 aliphatic heterocycles. The van der Waals surface area contributed by atoms with Gasteiger partial charge in [-0.15, -0.1) is 0 Å². The molecule has 51 heavy (non-hydrogen) atoms. The fourth-order valence-corrected chi connectivity index (χ4v) is 7.55. The molecule has 0 spiro atoms. The monoisotopic (exact) mass is 658 g/mol. The number of nitrogens with zero attached hydrogens (tertiary/aromatic N) is 2. The quantitative estimate of drug-likeness (QED) is 0.177. The minimum Gasteiger partial charge on any atom is -0.456 e. The minimum atomic E-state index is 0.900. The van der Waals surface area contributed by atoms with E-state index in [-0.39, 0.29) is 0 Å². The second-order valence-corrected chi connectivity index (χ2v) is 13.7. The van der Waals surface area contributed by atoms with Gasteiger partial charge in [0.2, 0.25) is 0 Å². The predicted molar refractivity (Wildman–Crippen MR) is 217 cm³/mol. The Balaban J connectivity index is 1.22. The number of fused-ring (bicyclic) bond motifs is 7. The van der Waals surface area contributed by atoms with Gasteiger partial charge in [-0.25, -0.2) is 0 Å². The first-order valence-corrected chi connectivity index (χ1v) is 17.6. The van der Waals surface area contributed by atoms with E-state index < -0.39 is 0 Å². The van der Waals surface area contributed by atoms with Crippen molar-refractivity contribution < 1.29 is 4.42 Å². The summed E-state index contributed by atoms with van der Waals surface area (Å²) >= 11 is 0. The molecule has 0 aliphatic rings. The molecule has 0 unspecified atom stereocenters. The van der Waals surface area contributed by atoms with Crippen molar-refractivity contribution in [1.82, 2.24) is 0 Å². The SMILES string of the molecule is Cc1ccc(N(c2ccc3c(ccc4oc5ccc6cc(N(c7ccc(C)cc7)c7ccccc7C)ccc6c5c43)c2)c2ccccc2C)cc1. The van der Waals surface area contributed by atoms with Gasteiger partial charge in [-0.3, -0.25) is 0 Å². The average molecular weight is 659 g/mol. The number of aryl methyl sites for hydroxylation is 4. The topological polar surface area (TPSA) is 19.6 Å². The van der Waals surface area contributed by atoms with E-state index in [0.717, 1.165) is 44.7 Å². The van der Waals surface area contributed by atoms with Crippen molar-refractivity contribution in [3.8, 4) is 0 Å². The molecule has 1 aromatic heterocycles. The van der Waals surface area contributed by atoms with Crippen LogP contribution in [0.1, 0.15) is 22.3 Å². The number of rotatable bonds is 6. The van der Waals surface area contributed by atoms with Gasteiger partial charge in [0.1, 0.15) is 11.2 Å². The highest BCUT2D eigenvalue weighted by Gasteiger charge is 2.19. The standard InChI is InChI=1S/C48H38N2O/c1-31-13-19-37(20-14-31)49(43-11-7-5-9-33(43)3)39-23-25-41-35(29-39)17-27-45-47(41)48-42-26-24-40(30-36(42)18-28-46(48)51-45)50(38-21-15-32(2)16-22-38)44-12-8-6-10-34(44)4/h5-30H,1-4H3. The van der Waals surface area contributed by atoms with E-state index in [4.69, 9.17) is 4.42 Å². The third kappa shape index (κ3) is 5.30. The van der Waals surface area contributed by atoms with Crippen LogP contribution in [-0.2, 0) is 0 Å². The Morgan fingerprint density at radius 3 is 1.18 bits per heavy atom. The molecule has 9 aromatic rings. The maximum Gasteiger partial charge on any atom is 0.136 e. The summed E-state index contributed by atoms with van der Waals surface area (Å²) in [4.78, 5) is 4.72. The van der Waals surface area contributed by atoms with Gasteiger partial charge in [0.15, 0.2) is 0 Å². The zero-order valence-electron chi connectivity index (χ0n) is 29.3. The Hall–Kier alpha value is -6.32. The highest BCUT2D eigenvalue weighted by molar-refractivity contribution is 6.26. The van der Waals surface area contributed by atoms with Crippen LogP contribution in [0.4, 0.5) is 34.1 Å². The molecule has 0 atom stereocenters. The summed E-state index contributed by atoms with van der Waals surface area (Å²) in [5.41, 5.74) is 13.6. The third-order valence-corrected chi connectivity index (χ3v) is 10.2. The van der Waals surface area contributed by atoms with Gasteiger partial charge in [-0.2, -0.15) is 0 Å². The second-order valence-electron chi connectivity index (χ2n) is 13.7. The van der Waals surface area contributed by atoms with Gasteiger partial charge < -0.3 is 14.2 Å². The lowest BCUT2D eigenvalue weighted by Crippen LogP contribution is -2.11. The molecule has 0 radical (unpaired) electrons. The Kier molecular flexibility index (Phi) is 7.36. The maximum atomic E-state index is 6.53. The van der Waals surface area contributed by atoms with Crippen LogP contribution in [0.5, 0.6) is 0 Å². The number of hydrogen-bond donors (Lipinski definition) is 0. The molecule has 246 valence electrons. The summed E-state index contributed by atoms with van der Waals surface area (Å²) in [5, 5.41) is 7.01. The number of anilines is 6. The van der Waals surface area contributed by atoms with Crippen molar-refractivity contribution in [3.63, 3.8) is 0 Å². The molecular weight excluding hydrogens is 621 g/mol. The van der Waals surface area contributed by atoms with Crippen LogP contribution in [0.25, 0.3) is 43.5 Å². The molecule has 0 fully saturated rings. The maximum absolute atomic E-state index is 6.53. The lowest BCUT2D eigenvalue weighted by atomic mass is 9.98. The molecule has 0 aliphatic carbocycles. The number of hydrogen-bond acceptors (Lipinski definition) is 3. The van der Waals surface area contributed by atoms with Crippen LogP contribution in [0.15, 0.2) is 162 Å². The molecule has 8 aromatic carbocycles. The minimum absolute atomic E-state index is 0.900. The number of para-hydroxylation sites is 2. The van der Waals surface area contributed by atoms with Crippen molar-refractivity contribution in [1.29, 1.82) is 0 Å². The molecule has 0 saturated carbocycles. The van der Waals surface area contributed by atoms with Crippen molar-refractivity contribution in [2.75, 3.05) is 9.80 Å². The summed E-state index contributed by atoms with van der Waals surface area (Å²) < 4.78 is 6.53. The van der Waals surface area contributed by atoms with E-state index in [9.17, 15) is 0 Å². The van der Waals surface area contributed by atoms with Crippen LogP contribution in [0.3, 0.4) is 0 Å². The molecule has 0 N–H and O–H groups in total. The highest BCUT2D eigenvalue weighted by atomic mass is 16.3. The highest BCUT2D eigenvalue weighted by Crippen LogP contribution is 2.44. The molecule has 0 amide bonds. The van der Waals surface area contributed by atoms with Gasteiger partial charge in [0, 0.05) is 44.9 Å². The van der Waals surface area contributed by atoms with Crippen LogP contribution < -0.4 is 9.80 Å². The first-order chi connectivity index (χ1) is 24.9. The summed E-state index contributed by atoms with van der Waals surface area (Å²) in [6.07, 6.45) is 0. The van der Waals surface area contributed by atoms with Crippen LogP contribution in [-0.4, -0.2) is 0 Å². The Morgan fingerprint density at radius 2 is 0.765 bits per heavy atom. The number of furan rings is 1. The molecule has 0 bridgehead atoms. The van der Waals surface area contributed by atoms with E-state index in [1.807, 2.05) is 0 Å². The van der Waals surface area contributed by atoms with Gasteiger partial charge in [0.25, 0.3) is 0 Å². The van der Waals surface area contributed by atoms with Crippen molar-refractivity contribution in [2.45, 2.75) is 27.7 Å². The molecule has 0 saturated heterocycles. The van der Waals surface area contributed by atoms with Crippen molar-refractivity contribution in [2.24, 2.45) is 0 Å². The van der Waals surface area contributed by atoms with Gasteiger partial charge in [-0.05, 0) is 133 Å². The number of benzene rings is 8. The fourth-order valence-electron chi connectivity index (χ4n) is 7.55. The summed E-state index contributed by atoms with van der Waals surface area (Å²) in [6.45, 7) is 8.62. The zero-order valence-corrected chi connectivity index (χ0v) is 29.3. The molecule has 3 nitrogen and oxygen atoms in total. The first-order valence-electron chi connectivity index (χ1n) is 17.6. The lowest BCUT2D eigenvalue weighted by Gasteiger charge is -2.27. The molecular formula is C48H38N2O. The summed E-state index contributed by atoms with van der Waals surface area (Å²) in [6, 6.07) is 57.0. The van der Waals surface area contributed by atoms with Gasteiger partial charge in [-0.1, -0.05) is 96.1 Å². The lowest BCUT2D eigenvalue weighted by molar-refractivity contribution is 0.669. The summed E-state index contributed by atoms with van der Waals surface area (Å²) in [5.74, 6) is 0. The smallest absolute Gasteiger partial charge is 0.136 e. The van der Waals surface area contributed by atoms with Crippen LogP contribution >= 0.6 is 0 Å². The Bertz CT molecular complexity index is 2550. The Labute approximate surface area is 298 Å². The van der Waals surface area contributed by atoms with Gasteiger partial charge >= 0.3 is 0 Å². The largest absolute Gasteiger partial charge is 0.456 e. The van der Waals surface area contributed by atoms with Crippen molar-refractivity contribution in [3.05, 3.63) is 180 Å². The molecule has 3 heteroatoms. The van der Waals surface area contributed by atoms with Gasteiger partial charge in [0.05, 0.1) is 0 Å². The van der Waals surface area contributed by atoms with E-state index >= 15 is 0 Å². The van der Waals surface area contributed by atoms with E-state index in [0.29, 0.717) is 0 Å². The molecule has 9 rings (SSSR count). The predicted octanol–water partition coefficient (Wildman–Crippen LogP) is 14.1. The first kappa shape index (κ1) is 30.7. The fraction of sp³-hybridized carbons (Fsp3) is 0.0833. The third-order valence-electron chi connectivity index (χ3n) is 10.2. The van der Waals surface area contributed by atoms with E-state index in [1.54, 1.807) is 0 Å². The van der Waals surface area contributed by atoms with Crippen LogP contribution in [0, 0.1) is 27.7 Å². The van der Waals surface area contributed by atoms with Crippen LogP contribution in [0.2, 0.25) is 0 Å². The normalized spacial score (nSPS) is 11.5. The Morgan fingerprint density at radius 1 is 0.373 bits per heavy atom. The second kappa shape index (κ2) is 12.2. The van der Waals surface area contributed by atoms with E-state index in [2.05, 4.69) is 195 Å². The summed E-state index contributed by atoms with van der Waals surface area (Å²) in [7, 11) is 0. The zero-order chi connectivity index (χ0) is 34.6. The van der Waals surface area contributed by atoms with E-state index in [1.165, 1.54) is 55.2 Å². The molecule has 1 heterocycles. The van der Waals surface area contributed by atoms with Crippen molar-refractivity contribution >= 4 is 77.6 Å². The average Bonchev–Trinajstić information content (AvgIpc) is 3.54.